The lowest BCUT2D eigenvalue weighted by atomic mass is 10.1. The van der Waals surface area contributed by atoms with E-state index in [4.69, 9.17) is 9.68 Å². The van der Waals surface area contributed by atoms with Crippen LogP contribution >= 0.6 is 11.8 Å². The molecule has 2 amide bonds. The summed E-state index contributed by atoms with van der Waals surface area (Å²) in [5, 5.41) is 11.7. The summed E-state index contributed by atoms with van der Waals surface area (Å²) >= 11 is 0.822. The maximum absolute atomic E-state index is 11.7. The van der Waals surface area contributed by atoms with Gasteiger partial charge in [-0.15, -0.1) is 0 Å². The number of carbonyl (C=O) groups is 2. The van der Waals surface area contributed by atoms with E-state index in [2.05, 4.69) is 28.2 Å². The number of nitrogens with zero attached hydrogens (tertiary/aromatic N) is 2. The molecule has 3 aromatic rings. The number of pyridine rings is 1. The predicted molar refractivity (Wildman–Crippen MR) is 100 cm³/mol. The predicted octanol–water partition coefficient (Wildman–Crippen LogP) is 3.42. The molecular weight excluding hydrogens is 362 g/mol. The number of amides is 2. The number of benzene rings is 1. The number of nitrogens with one attached hydrogen (secondary N) is 1. The number of thioether (sulfide) groups is 1. The van der Waals surface area contributed by atoms with Crippen molar-refractivity contribution in [2.45, 2.75) is 0 Å². The van der Waals surface area contributed by atoms with Crippen LogP contribution in [-0.2, 0) is 4.79 Å². The van der Waals surface area contributed by atoms with E-state index in [0.29, 0.717) is 28.0 Å². The normalized spacial score (nSPS) is 14.7. The van der Waals surface area contributed by atoms with E-state index < -0.39 is 11.1 Å². The van der Waals surface area contributed by atoms with Gasteiger partial charge in [0.1, 0.15) is 11.8 Å². The molecule has 7 heteroatoms. The Morgan fingerprint density at radius 1 is 1.11 bits per heavy atom. The van der Waals surface area contributed by atoms with Gasteiger partial charge in [0.15, 0.2) is 5.58 Å². The lowest BCUT2D eigenvalue weighted by Crippen LogP contribution is -2.17. The van der Waals surface area contributed by atoms with E-state index >= 15 is 0 Å². The van der Waals surface area contributed by atoms with E-state index in [0.717, 1.165) is 17.1 Å². The Morgan fingerprint density at radius 3 is 2.63 bits per heavy atom. The molecule has 0 bridgehead atoms. The molecule has 0 radical (unpaired) electrons. The third kappa shape index (κ3) is 3.32. The van der Waals surface area contributed by atoms with Gasteiger partial charge < -0.3 is 4.42 Å². The van der Waals surface area contributed by atoms with Crippen molar-refractivity contribution in [2.75, 3.05) is 0 Å². The van der Waals surface area contributed by atoms with Crippen LogP contribution in [0.1, 0.15) is 22.5 Å². The van der Waals surface area contributed by atoms with Gasteiger partial charge in [0.25, 0.3) is 11.1 Å². The molecule has 4 rings (SSSR count). The Hall–Kier alpha value is -3.81. The summed E-state index contributed by atoms with van der Waals surface area (Å²) in [5.74, 6) is 5.93. The van der Waals surface area contributed by atoms with Crippen molar-refractivity contribution < 1.29 is 14.0 Å². The molecule has 128 valence electrons. The maximum Gasteiger partial charge on any atom is 0.290 e. The quantitative estimate of drug-likeness (QED) is 0.520. The summed E-state index contributed by atoms with van der Waals surface area (Å²) in [6, 6.07) is 10.9. The lowest BCUT2D eigenvalue weighted by Gasteiger charge is -1.94. The van der Waals surface area contributed by atoms with Crippen LogP contribution in [0.15, 0.2) is 52.0 Å². The van der Waals surface area contributed by atoms with Gasteiger partial charge in [-0.2, -0.15) is 5.26 Å². The lowest BCUT2D eigenvalue weighted by molar-refractivity contribution is -0.115. The average molecular weight is 371 g/mol. The van der Waals surface area contributed by atoms with Crippen LogP contribution in [-0.4, -0.2) is 16.1 Å². The zero-order valence-electron chi connectivity index (χ0n) is 13.6. The second-order valence-electron chi connectivity index (χ2n) is 5.51. The van der Waals surface area contributed by atoms with Gasteiger partial charge in [-0.25, -0.2) is 0 Å². The molecule has 6 nitrogen and oxygen atoms in total. The maximum atomic E-state index is 11.7. The minimum atomic E-state index is -0.447. The van der Waals surface area contributed by atoms with Crippen LogP contribution in [0.5, 0.6) is 0 Å². The SMILES string of the molecule is N#Cc1ccccc1C#Cc1cncc2cc(/C=C3\SC(=O)NC3=O)oc12. The molecule has 0 atom stereocenters. The first-order valence-electron chi connectivity index (χ1n) is 7.77. The third-order valence-corrected chi connectivity index (χ3v) is 4.55. The van der Waals surface area contributed by atoms with Crippen molar-refractivity contribution in [1.82, 2.24) is 10.3 Å². The first-order chi connectivity index (χ1) is 13.1. The minimum absolute atomic E-state index is 0.266. The van der Waals surface area contributed by atoms with E-state index in [1.54, 1.807) is 36.7 Å². The molecule has 27 heavy (non-hydrogen) atoms. The summed E-state index contributed by atoms with van der Waals surface area (Å²) in [6.45, 7) is 0. The Labute approximate surface area is 157 Å². The van der Waals surface area contributed by atoms with Gasteiger partial charge in [0.2, 0.25) is 0 Å². The van der Waals surface area contributed by atoms with Gasteiger partial charge in [0.05, 0.1) is 16.0 Å². The topological polar surface area (TPSA) is 96.0 Å². The van der Waals surface area contributed by atoms with Crippen molar-refractivity contribution in [3.05, 3.63) is 70.1 Å². The van der Waals surface area contributed by atoms with Crippen molar-refractivity contribution in [3.8, 4) is 17.9 Å². The smallest absolute Gasteiger partial charge is 0.290 e. The first-order valence-corrected chi connectivity index (χ1v) is 8.59. The summed E-state index contributed by atoms with van der Waals surface area (Å²) in [4.78, 5) is 27.3. The average Bonchev–Trinajstić information content (AvgIpc) is 3.22. The fourth-order valence-corrected chi connectivity index (χ4v) is 3.18. The van der Waals surface area contributed by atoms with Gasteiger partial charge in [-0.1, -0.05) is 24.0 Å². The van der Waals surface area contributed by atoms with Crippen LogP contribution < -0.4 is 5.32 Å². The van der Waals surface area contributed by atoms with Crippen molar-refractivity contribution >= 4 is 40.0 Å². The first kappa shape index (κ1) is 16.6. The number of fused-ring (bicyclic) bond motifs is 1. The minimum Gasteiger partial charge on any atom is -0.455 e. The van der Waals surface area contributed by atoms with Crippen LogP contribution in [0, 0.1) is 23.2 Å². The number of carbonyl (C=O) groups excluding carboxylic acids is 2. The summed E-state index contributed by atoms with van der Waals surface area (Å²) in [5.41, 5.74) is 2.19. The Balaban J connectivity index is 1.74. The van der Waals surface area contributed by atoms with Crippen molar-refractivity contribution in [2.24, 2.45) is 0 Å². The Morgan fingerprint density at radius 2 is 1.89 bits per heavy atom. The molecule has 1 fully saturated rings. The molecule has 1 aliphatic rings. The standard InChI is InChI=1S/C20H9N3O3S/c21-9-13-4-2-1-3-12(13)5-6-14-10-22-11-15-7-16(26-18(14)15)8-17-19(24)23-20(25)27-17/h1-4,7-8,10-11H,(H,23,24,25)/b17-8-. The van der Waals surface area contributed by atoms with Crippen molar-refractivity contribution in [1.29, 1.82) is 5.26 Å². The molecule has 0 spiro atoms. The number of furan rings is 1. The molecule has 1 saturated heterocycles. The second kappa shape index (κ2) is 6.83. The number of nitriles is 1. The number of rotatable bonds is 1. The number of imide groups is 1. The van der Waals surface area contributed by atoms with Gasteiger partial charge in [-0.3, -0.25) is 19.9 Å². The highest BCUT2D eigenvalue weighted by molar-refractivity contribution is 8.18. The summed E-state index contributed by atoms with van der Waals surface area (Å²) in [6.07, 6.45) is 4.71. The molecule has 3 heterocycles. The van der Waals surface area contributed by atoms with Crippen molar-refractivity contribution in [3.63, 3.8) is 0 Å². The van der Waals surface area contributed by atoms with Crippen LogP contribution in [0.4, 0.5) is 4.79 Å². The highest BCUT2D eigenvalue weighted by Gasteiger charge is 2.25. The third-order valence-electron chi connectivity index (χ3n) is 3.74. The van der Waals surface area contributed by atoms with Gasteiger partial charge >= 0.3 is 0 Å². The van der Waals surface area contributed by atoms with E-state index in [1.807, 2.05) is 6.07 Å². The fourth-order valence-electron chi connectivity index (χ4n) is 2.52. The molecular formula is C20H9N3O3S. The highest BCUT2D eigenvalue weighted by atomic mass is 32.2. The summed E-state index contributed by atoms with van der Waals surface area (Å²) < 4.78 is 5.80. The second-order valence-corrected chi connectivity index (χ2v) is 6.53. The molecule has 1 aliphatic heterocycles. The fraction of sp³-hybridized carbons (Fsp3) is 0. The van der Waals surface area contributed by atoms with Gasteiger partial charge in [-0.05, 0) is 30.0 Å². The highest BCUT2D eigenvalue weighted by Crippen LogP contribution is 2.28. The number of hydrogen-bond acceptors (Lipinski definition) is 6. The van der Waals surface area contributed by atoms with Crippen LogP contribution in [0.3, 0.4) is 0 Å². The Kier molecular flexibility index (Phi) is 4.21. The number of hydrogen-bond donors (Lipinski definition) is 1. The molecule has 0 unspecified atom stereocenters. The van der Waals surface area contributed by atoms with E-state index in [1.165, 1.54) is 6.08 Å². The molecule has 0 aliphatic carbocycles. The van der Waals surface area contributed by atoms with Crippen LogP contribution in [0.25, 0.3) is 17.0 Å². The number of aromatic nitrogens is 1. The zero-order chi connectivity index (χ0) is 18.8. The molecule has 1 N–H and O–H groups in total. The molecule has 0 saturated carbocycles. The summed E-state index contributed by atoms with van der Waals surface area (Å²) in [7, 11) is 0. The van der Waals surface area contributed by atoms with Crippen LogP contribution in [0.2, 0.25) is 0 Å². The van der Waals surface area contributed by atoms with Gasteiger partial charge in [0, 0.05) is 29.4 Å². The molecule has 2 aromatic heterocycles. The van der Waals surface area contributed by atoms with E-state index in [9.17, 15) is 9.59 Å². The largest absolute Gasteiger partial charge is 0.455 e. The Bertz CT molecular complexity index is 1240. The van der Waals surface area contributed by atoms with E-state index in [-0.39, 0.29) is 4.91 Å². The molecule has 1 aromatic carbocycles. The monoisotopic (exact) mass is 371 g/mol. The zero-order valence-corrected chi connectivity index (χ0v) is 14.5.